The number of fused-ring (bicyclic) bond motifs is 1. The Labute approximate surface area is 158 Å². The first kappa shape index (κ1) is 18.8. The predicted molar refractivity (Wildman–Crippen MR) is 99.9 cm³/mol. The number of para-hydroxylation sites is 1. The number of ether oxygens (including phenoxy) is 3. The average Bonchev–Trinajstić information content (AvgIpc) is 2.66. The van der Waals surface area contributed by atoms with Crippen LogP contribution in [0.1, 0.15) is 42.2 Å². The van der Waals surface area contributed by atoms with Crippen LogP contribution in [0.4, 0.5) is 0 Å². The van der Waals surface area contributed by atoms with Gasteiger partial charge in [-0.25, -0.2) is 4.79 Å². The molecule has 1 amide bonds. The number of esters is 1. The number of hydrogen-bond donors (Lipinski definition) is 1. The van der Waals surface area contributed by atoms with E-state index >= 15 is 0 Å². The van der Waals surface area contributed by atoms with Gasteiger partial charge < -0.3 is 19.5 Å². The lowest BCUT2D eigenvalue weighted by molar-refractivity contribution is -0.124. The quantitative estimate of drug-likeness (QED) is 0.791. The summed E-state index contributed by atoms with van der Waals surface area (Å²) in [4.78, 5) is 24.1. The molecule has 0 saturated carbocycles. The van der Waals surface area contributed by atoms with Gasteiger partial charge in [0.25, 0.3) is 5.91 Å². The molecule has 1 unspecified atom stereocenters. The van der Waals surface area contributed by atoms with Crippen LogP contribution in [0.15, 0.2) is 48.5 Å². The second-order valence-electron chi connectivity index (χ2n) is 6.56. The molecule has 1 N–H and O–H groups in total. The molecule has 0 saturated heterocycles. The van der Waals surface area contributed by atoms with Crippen molar-refractivity contribution >= 4 is 11.9 Å². The maximum atomic E-state index is 12.2. The summed E-state index contributed by atoms with van der Waals surface area (Å²) in [5.74, 6) is 0.727. The number of nitrogens with one attached hydrogen (secondary N) is 1. The zero-order valence-electron chi connectivity index (χ0n) is 15.4. The standard InChI is InChI=1S/C21H23NO5/c1-14(2)27-21(24)15-7-9-16(10-8-15)26-13-20(23)22-18-11-12-25-19-6-4-3-5-17(18)19/h3-10,14,18H,11-13H2,1-2H3,(H,22,23). The SMILES string of the molecule is CC(C)OC(=O)c1ccc(OCC(=O)NC2CCOc3ccccc32)cc1. The fourth-order valence-electron chi connectivity index (χ4n) is 2.85. The summed E-state index contributed by atoms with van der Waals surface area (Å²) in [6.07, 6.45) is 0.544. The van der Waals surface area contributed by atoms with Crippen molar-refractivity contribution in [1.29, 1.82) is 0 Å². The molecule has 27 heavy (non-hydrogen) atoms. The monoisotopic (exact) mass is 369 g/mol. The van der Waals surface area contributed by atoms with Crippen LogP contribution in [-0.4, -0.2) is 31.2 Å². The fourth-order valence-corrected chi connectivity index (χ4v) is 2.85. The van der Waals surface area contributed by atoms with Gasteiger partial charge in [-0.1, -0.05) is 18.2 Å². The van der Waals surface area contributed by atoms with Gasteiger partial charge in [0.15, 0.2) is 6.61 Å². The zero-order valence-corrected chi connectivity index (χ0v) is 15.4. The highest BCUT2D eigenvalue weighted by atomic mass is 16.5. The van der Waals surface area contributed by atoms with E-state index < -0.39 is 0 Å². The van der Waals surface area contributed by atoms with E-state index in [1.807, 2.05) is 24.3 Å². The summed E-state index contributed by atoms with van der Waals surface area (Å²) >= 11 is 0. The summed E-state index contributed by atoms with van der Waals surface area (Å²) in [5, 5.41) is 2.98. The molecule has 1 heterocycles. The molecule has 142 valence electrons. The molecule has 0 spiro atoms. The van der Waals surface area contributed by atoms with Gasteiger partial charge in [-0.3, -0.25) is 4.79 Å². The summed E-state index contributed by atoms with van der Waals surface area (Å²) in [5.41, 5.74) is 1.42. The first-order chi connectivity index (χ1) is 13.0. The Hall–Kier alpha value is -3.02. The molecule has 0 fully saturated rings. The number of rotatable bonds is 6. The van der Waals surface area contributed by atoms with Crippen molar-refractivity contribution in [3.63, 3.8) is 0 Å². The van der Waals surface area contributed by atoms with Crippen LogP contribution in [0.25, 0.3) is 0 Å². The lowest BCUT2D eigenvalue weighted by Gasteiger charge is -2.26. The van der Waals surface area contributed by atoms with E-state index in [4.69, 9.17) is 14.2 Å². The maximum absolute atomic E-state index is 12.2. The van der Waals surface area contributed by atoms with Gasteiger partial charge in [-0.05, 0) is 44.2 Å². The third kappa shape index (κ3) is 5.00. The second kappa shape index (κ2) is 8.58. The highest BCUT2D eigenvalue weighted by molar-refractivity contribution is 5.89. The fraction of sp³-hybridized carbons (Fsp3) is 0.333. The Morgan fingerprint density at radius 2 is 1.89 bits per heavy atom. The molecule has 1 aliphatic rings. The van der Waals surface area contributed by atoms with Crippen molar-refractivity contribution in [1.82, 2.24) is 5.32 Å². The summed E-state index contributed by atoms with van der Waals surface area (Å²) in [7, 11) is 0. The molecule has 0 aromatic heterocycles. The molecule has 0 bridgehead atoms. The molecule has 0 aliphatic carbocycles. The van der Waals surface area contributed by atoms with E-state index in [9.17, 15) is 9.59 Å². The summed E-state index contributed by atoms with van der Waals surface area (Å²) in [6.45, 7) is 4.06. The highest BCUT2D eigenvalue weighted by Gasteiger charge is 2.22. The number of hydrogen-bond acceptors (Lipinski definition) is 5. The Morgan fingerprint density at radius 1 is 1.15 bits per heavy atom. The van der Waals surface area contributed by atoms with E-state index in [1.54, 1.807) is 38.1 Å². The minimum atomic E-state index is -0.382. The Morgan fingerprint density at radius 3 is 2.63 bits per heavy atom. The number of carbonyl (C=O) groups is 2. The minimum absolute atomic E-state index is 0.0840. The molecule has 0 radical (unpaired) electrons. The normalized spacial score (nSPS) is 15.4. The molecule has 1 atom stereocenters. The number of carbonyl (C=O) groups excluding carboxylic acids is 2. The minimum Gasteiger partial charge on any atom is -0.493 e. The van der Waals surface area contributed by atoms with Crippen molar-refractivity contribution in [3.05, 3.63) is 59.7 Å². The van der Waals surface area contributed by atoms with Crippen molar-refractivity contribution in [2.45, 2.75) is 32.4 Å². The molecule has 6 heteroatoms. The van der Waals surface area contributed by atoms with Crippen molar-refractivity contribution in [2.24, 2.45) is 0 Å². The molecular formula is C21H23NO5. The molecular weight excluding hydrogens is 346 g/mol. The van der Waals surface area contributed by atoms with Crippen LogP contribution in [0.2, 0.25) is 0 Å². The van der Waals surface area contributed by atoms with Crippen LogP contribution in [-0.2, 0) is 9.53 Å². The van der Waals surface area contributed by atoms with Gasteiger partial charge in [-0.15, -0.1) is 0 Å². The Kier molecular flexibility index (Phi) is 5.96. The first-order valence-electron chi connectivity index (χ1n) is 8.98. The molecule has 2 aromatic carbocycles. The van der Waals surface area contributed by atoms with E-state index in [2.05, 4.69) is 5.32 Å². The average molecular weight is 369 g/mol. The van der Waals surface area contributed by atoms with Crippen molar-refractivity contribution in [3.8, 4) is 11.5 Å². The molecule has 2 aromatic rings. The van der Waals surface area contributed by atoms with Crippen LogP contribution in [0, 0.1) is 0 Å². The van der Waals surface area contributed by atoms with Gasteiger partial charge in [0.05, 0.1) is 24.3 Å². The zero-order chi connectivity index (χ0) is 19.2. The van der Waals surface area contributed by atoms with E-state index in [0.29, 0.717) is 17.9 Å². The van der Waals surface area contributed by atoms with Gasteiger partial charge in [0, 0.05) is 12.0 Å². The number of benzene rings is 2. The van der Waals surface area contributed by atoms with Crippen molar-refractivity contribution < 1.29 is 23.8 Å². The van der Waals surface area contributed by atoms with Gasteiger partial charge in [0.2, 0.25) is 0 Å². The van der Waals surface area contributed by atoms with Crippen LogP contribution < -0.4 is 14.8 Å². The third-order valence-electron chi connectivity index (χ3n) is 4.10. The van der Waals surface area contributed by atoms with E-state index in [0.717, 1.165) is 17.7 Å². The highest BCUT2D eigenvalue weighted by Crippen LogP contribution is 2.31. The Bertz CT molecular complexity index is 800. The second-order valence-corrected chi connectivity index (χ2v) is 6.56. The lowest BCUT2D eigenvalue weighted by atomic mass is 10.0. The topological polar surface area (TPSA) is 73.9 Å². The largest absolute Gasteiger partial charge is 0.493 e. The van der Waals surface area contributed by atoms with Gasteiger partial charge >= 0.3 is 5.97 Å². The van der Waals surface area contributed by atoms with E-state index in [-0.39, 0.29) is 30.6 Å². The lowest BCUT2D eigenvalue weighted by Crippen LogP contribution is -2.35. The van der Waals surface area contributed by atoms with Crippen LogP contribution in [0.3, 0.4) is 0 Å². The van der Waals surface area contributed by atoms with Gasteiger partial charge in [-0.2, -0.15) is 0 Å². The van der Waals surface area contributed by atoms with Crippen LogP contribution in [0.5, 0.6) is 11.5 Å². The first-order valence-corrected chi connectivity index (χ1v) is 8.98. The Balaban J connectivity index is 1.52. The molecule has 1 aliphatic heterocycles. The predicted octanol–water partition coefficient (Wildman–Crippen LogP) is 3.27. The molecule has 3 rings (SSSR count). The summed E-state index contributed by atoms with van der Waals surface area (Å²) < 4.78 is 16.2. The maximum Gasteiger partial charge on any atom is 0.338 e. The number of amides is 1. The third-order valence-corrected chi connectivity index (χ3v) is 4.10. The smallest absolute Gasteiger partial charge is 0.338 e. The summed E-state index contributed by atoms with van der Waals surface area (Å²) in [6, 6.07) is 14.1. The van der Waals surface area contributed by atoms with Gasteiger partial charge in [0.1, 0.15) is 11.5 Å². The molecule has 6 nitrogen and oxygen atoms in total. The van der Waals surface area contributed by atoms with E-state index in [1.165, 1.54) is 0 Å². The van der Waals surface area contributed by atoms with Crippen molar-refractivity contribution in [2.75, 3.05) is 13.2 Å². The van der Waals surface area contributed by atoms with Crippen LogP contribution >= 0.6 is 0 Å².